The van der Waals surface area contributed by atoms with E-state index in [2.05, 4.69) is 25.4 Å². The molecule has 2 aliphatic heterocycles. The number of nitrogens with one attached hydrogen (secondary N) is 2. The average Bonchev–Trinajstić information content (AvgIpc) is 3.30. The summed E-state index contributed by atoms with van der Waals surface area (Å²) in [6.07, 6.45) is 10.3. The lowest BCUT2D eigenvalue weighted by Gasteiger charge is -2.39. The summed E-state index contributed by atoms with van der Waals surface area (Å²) in [6.45, 7) is 3.02. The number of aromatic amines is 1. The first-order chi connectivity index (χ1) is 15.1. The Morgan fingerprint density at radius 1 is 1.39 bits per heavy atom. The molecule has 4 heterocycles. The zero-order valence-corrected chi connectivity index (χ0v) is 17.3. The number of H-pyrrole nitrogens is 1. The van der Waals surface area contributed by atoms with Crippen molar-refractivity contribution < 1.29 is 9.59 Å². The standard InChI is InChI=1S/C21H26N8O2/c22-5-17(12-30)29-11-16-9-24-20(23-6-14-1-2-14)27-18(16)21(19(29)31)3-4-28(13-21)10-15-7-25-26-8-15/h5,7-9,12,14H,1-4,6,10-11,13,22H2,(H,25,26)(H,23,24,27)/b17-5+. The summed E-state index contributed by atoms with van der Waals surface area (Å²) >= 11 is 0. The monoisotopic (exact) mass is 422 g/mol. The Kier molecular flexibility index (Phi) is 4.93. The summed E-state index contributed by atoms with van der Waals surface area (Å²) in [5, 5.41) is 10.2. The maximum absolute atomic E-state index is 13.8. The number of hydrogen-bond acceptors (Lipinski definition) is 8. The number of carbonyl (C=O) groups is 2. The Bertz CT molecular complexity index is 1020. The predicted molar refractivity (Wildman–Crippen MR) is 112 cm³/mol. The number of anilines is 1. The highest BCUT2D eigenvalue weighted by atomic mass is 16.2. The summed E-state index contributed by atoms with van der Waals surface area (Å²) in [5.41, 5.74) is 7.65. The van der Waals surface area contributed by atoms with Gasteiger partial charge in [0, 0.05) is 55.9 Å². The van der Waals surface area contributed by atoms with Crippen molar-refractivity contribution in [2.75, 3.05) is 25.0 Å². The second-order valence-electron chi connectivity index (χ2n) is 8.64. The summed E-state index contributed by atoms with van der Waals surface area (Å²) in [4.78, 5) is 38.3. The fourth-order valence-electron chi connectivity index (χ4n) is 4.60. The molecule has 2 aromatic heterocycles. The van der Waals surface area contributed by atoms with E-state index in [1.165, 1.54) is 23.9 Å². The number of hydrogen-bond donors (Lipinski definition) is 3. The average molecular weight is 422 g/mol. The molecule has 2 aromatic rings. The molecule has 0 bridgehead atoms. The molecule has 1 unspecified atom stereocenters. The van der Waals surface area contributed by atoms with Gasteiger partial charge in [-0.25, -0.2) is 9.97 Å². The number of carbonyl (C=O) groups excluding carboxylic acids is 2. The SMILES string of the molecule is N/C=C(\C=O)N1Cc2cnc(NCC3CC3)nc2C2(CCN(Cc3cn[nH]c3)C2)C1=O. The molecule has 1 amide bonds. The number of aldehydes is 1. The molecule has 1 saturated heterocycles. The van der Waals surface area contributed by atoms with E-state index in [0.717, 1.165) is 29.9 Å². The summed E-state index contributed by atoms with van der Waals surface area (Å²) in [7, 11) is 0. The van der Waals surface area contributed by atoms with Crippen molar-refractivity contribution >= 4 is 18.1 Å². The lowest BCUT2D eigenvalue weighted by molar-refractivity contribution is -0.138. The van der Waals surface area contributed by atoms with Gasteiger partial charge in [-0.2, -0.15) is 5.10 Å². The van der Waals surface area contributed by atoms with Gasteiger partial charge < -0.3 is 16.0 Å². The Hall–Kier alpha value is -3.27. The minimum atomic E-state index is -0.840. The normalized spacial score (nSPS) is 23.9. The molecule has 2 fully saturated rings. The van der Waals surface area contributed by atoms with Crippen LogP contribution < -0.4 is 11.1 Å². The lowest BCUT2D eigenvalue weighted by Crippen LogP contribution is -2.53. The second kappa shape index (κ2) is 7.77. The van der Waals surface area contributed by atoms with E-state index < -0.39 is 5.41 Å². The van der Waals surface area contributed by atoms with Crippen molar-refractivity contribution in [1.29, 1.82) is 0 Å². The van der Waals surface area contributed by atoms with Gasteiger partial charge in [0.25, 0.3) is 0 Å². The molecule has 1 spiro atoms. The maximum Gasteiger partial charge on any atom is 0.241 e. The molecule has 31 heavy (non-hydrogen) atoms. The van der Waals surface area contributed by atoms with Gasteiger partial charge in [0.1, 0.15) is 5.41 Å². The molecule has 4 N–H and O–H groups in total. The van der Waals surface area contributed by atoms with Crippen LogP contribution in [0.5, 0.6) is 0 Å². The topological polar surface area (TPSA) is 133 Å². The highest BCUT2D eigenvalue weighted by molar-refractivity contribution is 5.95. The maximum atomic E-state index is 13.8. The number of nitrogens with zero attached hydrogens (tertiary/aromatic N) is 5. The van der Waals surface area contributed by atoms with Gasteiger partial charge in [-0.05, 0) is 25.2 Å². The fraction of sp³-hybridized carbons (Fsp3) is 0.476. The van der Waals surface area contributed by atoms with Crippen LogP contribution >= 0.6 is 0 Å². The number of likely N-dealkylation sites (tertiary alicyclic amines) is 1. The summed E-state index contributed by atoms with van der Waals surface area (Å²) < 4.78 is 0. The first kappa shape index (κ1) is 19.7. The van der Waals surface area contributed by atoms with E-state index in [4.69, 9.17) is 10.7 Å². The van der Waals surface area contributed by atoms with Gasteiger partial charge in [-0.15, -0.1) is 0 Å². The van der Waals surface area contributed by atoms with Crippen molar-refractivity contribution in [1.82, 2.24) is 30.0 Å². The van der Waals surface area contributed by atoms with Gasteiger partial charge in [0.2, 0.25) is 11.9 Å². The van der Waals surface area contributed by atoms with Gasteiger partial charge in [-0.3, -0.25) is 19.6 Å². The van der Waals surface area contributed by atoms with Gasteiger partial charge in [-0.1, -0.05) is 0 Å². The molecule has 0 aromatic carbocycles. The number of fused-ring (bicyclic) bond motifs is 2. The van der Waals surface area contributed by atoms with Crippen LogP contribution in [0.25, 0.3) is 0 Å². The zero-order chi connectivity index (χ0) is 21.4. The Morgan fingerprint density at radius 2 is 2.26 bits per heavy atom. The third-order valence-electron chi connectivity index (χ3n) is 6.46. The van der Waals surface area contributed by atoms with Crippen LogP contribution in [0.2, 0.25) is 0 Å². The molecule has 0 radical (unpaired) electrons. The third-order valence-corrected chi connectivity index (χ3v) is 6.46. The van der Waals surface area contributed by atoms with Crippen LogP contribution in [-0.2, 0) is 28.1 Å². The molecule has 10 nitrogen and oxygen atoms in total. The molecule has 1 saturated carbocycles. The Morgan fingerprint density at radius 3 is 2.97 bits per heavy atom. The Labute approximate surface area is 179 Å². The van der Waals surface area contributed by atoms with Gasteiger partial charge in [0.15, 0.2) is 6.29 Å². The quantitative estimate of drug-likeness (QED) is 0.434. The molecule has 3 aliphatic rings. The van der Waals surface area contributed by atoms with Crippen LogP contribution in [0, 0.1) is 5.92 Å². The van der Waals surface area contributed by atoms with E-state index in [0.29, 0.717) is 37.7 Å². The molecule has 1 aliphatic carbocycles. The van der Waals surface area contributed by atoms with Crippen molar-refractivity contribution in [3.63, 3.8) is 0 Å². The number of amides is 1. The zero-order valence-electron chi connectivity index (χ0n) is 17.3. The largest absolute Gasteiger partial charge is 0.403 e. The third kappa shape index (κ3) is 3.56. The smallest absolute Gasteiger partial charge is 0.241 e. The van der Waals surface area contributed by atoms with Crippen LogP contribution in [-0.4, -0.2) is 61.8 Å². The molecule has 5 rings (SSSR count). The van der Waals surface area contributed by atoms with Gasteiger partial charge in [0.05, 0.1) is 24.1 Å². The minimum absolute atomic E-state index is 0.134. The number of nitrogens with two attached hydrogens (primary N) is 1. The van der Waals surface area contributed by atoms with Crippen LogP contribution in [0.1, 0.15) is 36.1 Å². The molecular weight excluding hydrogens is 396 g/mol. The molecule has 162 valence electrons. The van der Waals surface area contributed by atoms with Crippen molar-refractivity contribution in [2.24, 2.45) is 11.7 Å². The fourth-order valence-corrected chi connectivity index (χ4v) is 4.60. The number of allylic oxidation sites excluding steroid dienone is 1. The minimum Gasteiger partial charge on any atom is -0.403 e. The van der Waals surface area contributed by atoms with E-state index in [1.54, 1.807) is 12.4 Å². The first-order valence-corrected chi connectivity index (χ1v) is 10.6. The van der Waals surface area contributed by atoms with Crippen molar-refractivity contribution in [3.8, 4) is 0 Å². The number of rotatable bonds is 7. The second-order valence-corrected chi connectivity index (χ2v) is 8.64. The molecular formula is C21H26N8O2. The summed E-state index contributed by atoms with van der Waals surface area (Å²) in [5.74, 6) is 1.11. The highest BCUT2D eigenvalue weighted by Gasteiger charge is 2.53. The summed E-state index contributed by atoms with van der Waals surface area (Å²) in [6, 6.07) is 0. The lowest BCUT2D eigenvalue weighted by atomic mass is 9.77. The van der Waals surface area contributed by atoms with Crippen LogP contribution in [0.3, 0.4) is 0 Å². The van der Waals surface area contributed by atoms with Gasteiger partial charge >= 0.3 is 0 Å². The van der Waals surface area contributed by atoms with Crippen LogP contribution in [0.4, 0.5) is 5.95 Å². The van der Waals surface area contributed by atoms with E-state index >= 15 is 0 Å². The van der Waals surface area contributed by atoms with E-state index in [1.807, 2.05) is 6.20 Å². The van der Waals surface area contributed by atoms with Crippen LogP contribution in [0.15, 0.2) is 30.5 Å². The van der Waals surface area contributed by atoms with Crippen molar-refractivity contribution in [2.45, 2.75) is 37.8 Å². The number of aromatic nitrogens is 4. The predicted octanol–water partition coefficient (Wildman–Crippen LogP) is 0.506. The first-order valence-electron chi connectivity index (χ1n) is 10.6. The van der Waals surface area contributed by atoms with Crippen molar-refractivity contribution in [3.05, 3.63) is 47.3 Å². The Balaban J connectivity index is 1.50. The highest BCUT2D eigenvalue weighted by Crippen LogP contribution is 2.42. The van der Waals surface area contributed by atoms with E-state index in [-0.39, 0.29) is 18.1 Å². The molecule has 1 atom stereocenters. The molecule has 10 heteroatoms. The van der Waals surface area contributed by atoms with E-state index in [9.17, 15) is 9.59 Å².